The lowest BCUT2D eigenvalue weighted by Crippen LogP contribution is -2.33. The molecule has 2 rings (SSSR count). The molecular weight excluding hydrogens is 304 g/mol. The number of halogens is 2. The molecule has 2 aromatic carbocycles. The Labute approximate surface area is 132 Å². The monoisotopic (exact) mass is 321 g/mol. The van der Waals surface area contributed by atoms with Crippen LogP contribution in [0.15, 0.2) is 42.5 Å². The summed E-state index contributed by atoms with van der Waals surface area (Å²) < 4.78 is 37.7. The van der Waals surface area contributed by atoms with Gasteiger partial charge in [0.25, 0.3) is 0 Å². The number of carbonyl (C=O) groups excluding carboxylic acids is 1. The Morgan fingerprint density at radius 3 is 2.30 bits per heavy atom. The fourth-order valence-electron chi connectivity index (χ4n) is 2.09. The molecule has 23 heavy (non-hydrogen) atoms. The first-order chi connectivity index (χ1) is 11.0. The quantitative estimate of drug-likeness (QED) is 0.831. The highest BCUT2D eigenvalue weighted by Crippen LogP contribution is 2.25. The third-order valence-electron chi connectivity index (χ3n) is 3.24. The Morgan fingerprint density at radius 1 is 1.13 bits per heavy atom. The highest BCUT2D eigenvalue weighted by atomic mass is 19.1. The standard InChI is InChI=1S/C17H17F2NO3/c1-22-17(21)15(20)9-12-7-13(18)16(14(19)8-12)23-10-11-5-3-2-4-6-11/h2-8,15H,9-10,20H2,1H3/t15-/m0/s1. The van der Waals surface area contributed by atoms with E-state index in [1.165, 1.54) is 7.11 Å². The van der Waals surface area contributed by atoms with Crippen molar-refractivity contribution in [1.82, 2.24) is 0 Å². The van der Waals surface area contributed by atoms with E-state index in [-0.39, 0.29) is 18.6 Å². The van der Waals surface area contributed by atoms with Crippen LogP contribution in [-0.4, -0.2) is 19.1 Å². The molecule has 0 fully saturated rings. The van der Waals surface area contributed by atoms with Gasteiger partial charge in [-0.3, -0.25) is 4.79 Å². The van der Waals surface area contributed by atoms with Crippen molar-refractivity contribution in [2.45, 2.75) is 19.1 Å². The average Bonchev–Trinajstić information content (AvgIpc) is 2.54. The molecule has 0 saturated heterocycles. The number of hydrogen-bond acceptors (Lipinski definition) is 4. The van der Waals surface area contributed by atoms with Crippen LogP contribution < -0.4 is 10.5 Å². The van der Waals surface area contributed by atoms with Crippen LogP contribution in [0.25, 0.3) is 0 Å². The molecule has 0 aromatic heterocycles. The maximum absolute atomic E-state index is 14.0. The van der Waals surface area contributed by atoms with Crippen LogP contribution in [-0.2, 0) is 22.6 Å². The largest absolute Gasteiger partial charge is 0.483 e. The zero-order chi connectivity index (χ0) is 16.8. The molecule has 0 saturated carbocycles. The van der Waals surface area contributed by atoms with Gasteiger partial charge >= 0.3 is 5.97 Å². The predicted octanol–water partition coefficient (Wildman–Crippen LogP) is 2.59. The van der Waals surface area contributed by atoms with Crippen molar-refractivity contribution in [2.75, 3.05) is 7.11 Å². The lowest BCUT2D eigenvalue weighted by atomic mass is 10.1. The van der Waals surface area contributed by atoms with Crippen molar-refractivity contribution in [2.24, 2.45) is 5.73 Å². The second-order valence-corrected chi connectivity index (χ2v) is 5.00. The fourth-order valence-corrected chi connectivity index (χ4v) is 2.09. The summed E-state index contributed by atoms with van der Waals surface area (Å²) in [4.78, 5) is 11.3. The molecule has 122 valence electrons. The van der Waals surface area contributed by atoms with Gasteiger partial charge in [-0.2, -0.15) is 0 Å². The van der Waals surface area contributed by atoms with Crippen molar-refractivity contribution >= 4 is 5.97 Å². The van der Waals surface area contributed by atoms with E-state index < -0.39 is 29.4 Å². The maximum atomic E-state index is 14.0. The van der Waals surface area contributed by atoms with E-state index >= 15 is 0 Å². The van der Waals surface area contributed by atoms with Gasteiger partial charge in [-0.15, -0.1) is 0 Å². The molecule has 0 spiro atoms. The Morgan fingerprint density at radius 2 is 1.74 bits per heavy atom. The lowest BCUT2D eigenvalue weighted by molar-refractivity contribution is -0.142. The third kappa shape index (κ3) is 4.50. The van der Waals surface area contributed by atoms with Crippen molar-refractivity contribution < 1.29 is 23.0 Å². The number of carbonyl (C=O) groups is 1. The number of methoxy groups -OCH3 is 1. The average molecular weight is 321 g/mol. The number of hydrogen-bond donors (Lipinski definition) is 1. The number of ether oxygens (including phenoxy) is 2. The van der Waals surface area contributed by atoms with Gasteiger partial charge in [0.2, 0.25) is 0 Å². The summed E-state index contributed by atoms with van der Waals surface area (Å²) >= 11 is 0. The lowest BCUT2D eigenvalue weighted by Gasteiger charge is -2.12. The topological polar surface area (TPSA) is 61.5 Å². The molecule has 0 aliphatic heterocycles. The van der Waals surface area contributed by atoms with Crippen LogP contribution in [0.5, 0.6) is 5.75 Å². The molecule has 0 heterocycles. The minimum atomic E-state index is -0.977. The summed E-state index contributed by atoms with van der Waals surface area (Å²) in [7, 11) is 1.20. The fraction of sp³-hybridized carbons (Fsp3) is 0.235. The van der Waals surface area contributed by atoms with Crippen molar-refractivity contribution in [3.8, 4) is 5.75 Å². The summed E-state index contributed by atoms with van der Waals surface area (Å²) in [6.07, 6.45) is -0.0283. The molecule has 4 nitrogen and oxygen atoms in total. The van der Waals surface area contributed by atoms with E-state index in [1.54, 1.807) is 12.1 Å². The zero-order valence-corrected chi connectivity index (χ0v) is 12.6. The second-order valence-electron chi connectivity index (χ2n) is 5.00. The molecule has 0 aliphatic carbocycles. The smallest absolute Gasteiger partial charge is 0.322 e. The summed E-state index contributed by atoms with van der Waals surface area (Å²) in [5.74, 6) is -2.78. The summed E-state index contributed by atoms with van der Waals surface area (Å²) in [6.45, 7) is 0.0513. The first-order valence-electron chi connectivity index (χ1n) is 6.99. The van der Waals surface area contributed by atoms with Crippen LogP contribution in [0, 0.1) is 11.6 Å². The third-order valence-corrected chi connectivity index (χ3v) is 3.24. The summed E-state index contributed by atoms with van der Waals surface area (Å²) in [6, 6.07) is 10.3. The number of benzene rings is 2. The first-order valence-corrected chi connectivity index (χ1v) is 6.99. The van der Waals surface area contributed by atoms with Crippen molar-refractivity contribution in [3.63, 3.8) is 0 Å². The Balaban J connectivity index is 2.09. The van der Waals surface area contributed by atoms with E-state index in [2.05, 4.69) is 4.74 Å². The molecule has 1 atom stereocenters. The second kappa shape index (κ2) is 7.69. The Bertz CT molecular complexity index is 654. The molecular formula is C17H17F2NO3. The van der Waals surface area contributed by atoms with Crippen molar-refractivity contribution in [3.05, 3.63) is 65.2 Å². The van der Waals surface area contributed by atoms with E-state index in [4.69, 9.17) is 10.5 Å². The van der Waals surface area contributed by atoms with Gasteiger partial charge < -0.3 is 15.2 Å². The Hall–Kier alpha value is -2.47. The van der Waals surface area contributed by atoms with E-state index in [0.717, 1.165) is 17.7 Å². The molecule has 2 aromatic rings. The molecule has 0 aliphatic rings. The van der Waals surface area contributed by atoms with Gasteiger partial charge in [0, 0.05) is 0 Å². The number of rotatable bonds is 6. The van der Waals surface area contributed by atoms with Gasteiger partial charge in [0.05, 0.1) is 7.11 Å². The number of esters is 1. The minimum absolute atomic E-state index is 0.0283. The van der Waals surface area contributed by atoms with E-state index in [0.29, 0.717) is 0 Å². The van der Waals surface area contributed by atoms with E-state index in [9.17, 15) is 13.6 Å². The van der Waals surface area contributed by atoms with Crippen LogP contribution in [0.1, 0.15) is 11.1 Å². The molecule has 0 bridgehead atoms. The highest BCUT2D eigenvalue weighted by Gasteiger charge is 2.18. The zero-order valence-electron chi connectivity index (χ0n) is 12.6. The van der Waals surface area contributed by atoms with E-state index in [1.807, 2.05) is 18.2 Å². The molecule has 0 unspecified atom stereocenters. The van der Waals surface area contributed by atoms with Gasteiger partial charge in [-0.05, 0) is 29.7 Å². The van der Waals surface area contributed by atoms with Gasteiger partial charge in [-0.25, -0.2) is 8.78 Å². The SMILES string of the molecule is COC(=O)[C@@H](N)Cc1cc(F)c(OCc2ccccc2)c(F)c1. The normalized spacial score (nSPS) is 11.8. The van der Waals surface area contributed by atoms with Crippen molar-refractivity contribution in [1.29, 1.82) is 0 Å². The summed E-state index contributed by atoms with van der Waals surface area (Å²) in [5, 5.41) is 0. The predicted molar refractivity (Wildman–Crippen MR) is 80.8 cm³/mol. The van der Waals surface area contributed by atoms with Gasteiger partial charge in [0.15, 0.2) is 17.4 Å². The Kier molecular flexibility index (Phi) is 5.65. The molecule has 0 radical (unpaired) electrons. The summed E-state index contributed by atoms with van der Waals surface area (Å²) in [5.41, 5.74) is 6.63. The highest BCUT2D eigenvalue weighted by molar-refractivity contribution is 5.75. The minimum Gasteiger partial charge on any atom is -0.483 e. The van der Waals surface area contributed by atoms with Gasteiger partial charge in [-0.1, -0.05) is 30.3 Å². The van der Waals surface area contributed by atoms with Crippen LogP contribution in [0.3, 0.4) is 0 Å². The molecule has 0 amide bonds. The number of nitrogens with two attached hydrogens (primary N) is 1. The molecule has 6 heteroatoms. The first kappa shape index (κ1) is 16.9. The van der Waals surface area contributed by atoms with Gasteiger partial charge in [0.1, 0.15) is 12.6 Å². The van der Waals surface area contributed by atoms with Crippen LogP contribution in [0.4, 0.5) is 8.78 Å². The molecule has 2 N–H and O–H groups in total. The van der Waals surface area contributed by atoms with Crippen LogP contribution >= 0.6 is 0 Å². The van der Waals surface area contributed by atoms with Crippen LogP contribution in [0.2, 0.25) is 0 Å². The maximum Gasteiger partial charge on any atom is 0.322 e.